The molecule has 1 fully saturated rings. The molecule has 0 saturated carbocycles. The van der Waals surface area contributed by atoms with Gasteiger partial charge in [0, 0.05) is 11.0 Å². The molecule has 0 spiro atoms. The molecule has 0 radical (unpaired) electrons. The molecule has 3 N–H and O–H groups in total. The number of nitrogens with zero attached hydrogens (tertiary/aromatic N) is 4. The smallest absolute Gasteiger partial charge is 0.405 e. The van der Waals surface area contributed by atoms with Crippen molar-refractivity contribution in [2.75, 3.05) is 17.8 Å². The molecule has 5 rings (SSSR count). The molecule has 2 aromatic heterocycles. The number of benzene rings is 2. The van der Waals surface area contributed by atoms with Gasteiger partial charge in [-0.3, -0.25) is 4.52 Å². The van der Waals surface area contributed by atoms with Gasteiger partial charge in [0.1, 0.15) is 23.4 Å². The lowest BCUT2D eigenvalue weighted by Crippen LogP contribution is -2.24. The fourth-order valence-electron chi connectivity index (χ4n) is 4.33. The summed E-state index contributed by atoms with van der Waals surface area (Å²) in [4.78, 5) is 12.5. The Hall–Kier alpha value is -2.67. The Morgan fingerprint density at radius 3 is 2.80 bits per heavy atom. The largest absolute Gasteiger partial charge is 0.423 e. The van der Waals surface area contributed by atoms with Crippen molar-refractivity contribution >= 4 is 46.2 Å². The maximum absolute atomic E-state index is 14.1. The van der Waals surface area contributed by atoms with Crippen molar-refractivity contribution in [3.05, 3.63) is 78.1 Å². The highest BCUT2D eigenvalue weighted by Gasteiger charge is 2.36. The fraction of sp³-hybridized carbons (Fsp3) is 0.346. The monoisotopic (exact) mass is 605 g/mol. The van der Waals surface area contributed by atoms with Crippen LogP contribution in [0.2, 0.25) is 0 Å². The molecule has 3 unspecified atom stereocenters. The standard InChI is InChI=1S/C26H29FN5O5PS2/c1-17(11-32-15-31-24-25(28)29-14-30-26(24)32)35-16-38(34,36-20-8-6-19(27)7-9-20)37-21-10-23(40-39-13-21)22-5-3-2-4-18(22)12-33/h2-9,14-15,17,21,23,33H,10-13,16H2,1H3,(H2,28,29,30)/t17-,21?,23?,38?/m1/s1. The van der Waals surface area contributed by atoms with E-state index in [1.54, 1.807) is 32.5 Å². The van der Waals surface area contributed by atoms with Crippen LogP contribution in [0.1, 0.15) is 29.7 Å². The van der Waals surface area contributed by atoms with Crippen LogP contribution in [0, 0.1) is 5.82 Å². The molecule has 0 amide bonds. The molecule has 10 nitrogen and oxygen atoms in total. The molecular formula is C26H29FN5O5PS2. The third-order valence-electron chi connectivity index (χ3n) is 6.26. The van der Waals surface area contributed by atoms with Gasteiger partial charge >= 0.3 is 7.60 Å². The van der Waals surface area contributed by atoms with Crippen LogP contribution in [0.3, 0.4) is 0 Å². The number of fused-ring (bicyclic) bond motifs is 1. The summed E-state index contributed by atoms with van der Waals surface area (Å²) in [5, 5.41) is 9.83. The number of aromatic nitrogens is 4. The van der Waals surface area contributed by atoms with Crippen LogP contribution in [0.25, 0.3) is 11.2 Å². The van der Waals surface area contributed by atoms with Crippen molar-refractivity contribution in [3.63, 3.8) is 0 Å². The number of ether oxygens (including phenoxy) is 1. The summed E-state index contributed by atoms with van der Waals surface area (Å²) < 4.78 is 47.4. The van der Waals surface area contributed by atoms with Crippen LogP contribution < -0.4 is 10.3 Å². The molecule has 4 atom stereocenters. The van der Waals surface area contributed by atoms with E-state index in [1.807, 2.05) is 31.2 Å². The maximum atomic E-state index is 14.1. The van der Waals surface area contributed by atoms with E-state index in [-0.39, 0.29) is 29.8 Å². The minimum absolute atomic E-state index is 0.0372. The molecule has 1 saturated heterocycles. The second-order valence-corrected chi connectivity index (χ2v) is 13.8. The molecule has 1 aliphatic heterocycles. The maximum Gasteiger partial charge on any atom is 0.405 e. The van der Waals surface area contributed by atoms with Crippen molar-refractivity contribution < 1.29 is 27.8 Å². The Balaban J connectivity index is 1.30. The number of halogens is 1. The Bertz CT molecular complexity index is 1490. The normalized spacial score (nSPS) is 19.8. The second-order valence-electron chi connectivity index (χ2n) is 9.28. The van der Waals surface area contributed by atoms with Crippen LogP contribution in [0.4, 0.5) is 10.2 Å². The van der Waals surface area contributed by atoms with Crippen molar-refractivity contribution in [2.45, 2.75) is 44.0 Å². The molecule has 0 bridgehead atoms. The molecular weight excluding hydrogens is 576 g/mol. The van der Waals surface area contributed by atoms with E-state index in [0.717, 1.165) is 11.1 Å². The fourth-order valence-corrected chi connectivity index (χ4v) is 9.04. The van der Waals surface area contributed by atoms with E-state index in [0.29, 0.717) is 29.9 Å². The summed E-state index contributed by atoms with van der Waals surface area (Å²) in [6.45, 7) is 2.12. The Morgan fingerprint density at radius 2 is 2.00 bits per heavy atom. The van der Waals surface area contributed by atoms with E-state index in [9.17, 15) is 14.1 Å². The van der Waals surface area contributed by atoms with Gasteiger partial charge in [0.2, 0.25) is 0 Å². The Morgan fingerprint density at radius 1 is 1.20 bits per heavy atom. The first kappa shape index (κ1) is 28.8. The number of aliphatic hydroxyl groups excluding tert-OH is 1. The molecule has 0 aliphatic carbocycles. The average molecular weight is 606 g/mol. The molecule has 2 aromatic carbocycles. The Kier molecular flexibility index (Phi) is 9.29. The minimum atomic E-state index is -3.85. The summed E-state index contributed by atoms with van der Waals surface area (Å²) in [6.07, 6.45) is 2.41. The van der Waals surface area contributed by atoms with E-state index in [4.69, 9.17) is 19.5 Å². The zero-order chi connectivity index (χ0) is 28.1. The average Bonchev–Trinajstić information content (AvgIpc) is 3.37. The van der Waals surface area contributed by atoms with Crippen molar-refractivity contribution in [2.24, 2.45) is 0 Å². The number of rotatable bonds is 11. The number of nitrogens with two attached hydrogens (primary N) is 1. The quantitative estimate of drug-likeness (QED) is 0.164. The lowest BCUT2D eigenvalue weighted by molar-refractivity contribution is 0.0672. The highest BCUT2D eigenvalue weighted by atomic mass is 33.1. The van der Waals surface area contributed by atoms with Gasteiger partial charge in [0.05, 0.1) is 31.7 Å². The molecule has 4 aromatic rings. The number of anilines is 1. The van der Waals surface area contributed by atoms with Crippen LogP contribution in [0.5, 0.6) is 5.75 Å². The highest BCUT2D eigenvalue weighted by molar-refractivity contribution is 8.76. The zero-order valence-electron chi connectivity index (χ0n) is 21.6. The van der Waals surface area contributed by atoms with Crippen LogP contribution >= 0.6 is 29.2 Å². The van der Waals surface area contributed by atoms with Gasteiger partial charge in [0.15, 0.2) is 17.8 Å². The lowest BCUT2D eigenvalue weighted by Gasteiger charge is -2.32. The van der Waals surface area contributed by atoms with Crippen LogP contribution in [0.15, 0.2) is 61.2 Å². The minimum Gasteiger partial charge on any atom is -0.423 e. The molecule has 3 heterocycles. The van der Waals surface area contributed by atoms with E-state index >= 15 is 0 Å². The summed E-state index contributed by atoms with van der Waals surface area (Å²) >= 11 is 0. The van der Waals surface area contributed by atoms with Gasteiger partial charge in [-0.25, -0.2) is 23.9 Å². The molecule has 14 heteroatoms. The summed E-state index contributed by atoms with van der Waals surface area (Å²) in [6, 6.07) is 13.0. The predicted molar refractivity (Wildman–Crippen MR) is 154 cm³/mol. The number of hydrogen-bond acceptors (Lipinski definition) is 11. The van der Waals surface area contributed by atoms with Gasteiger partial charge in [-0.15, -0.1) is 0 Å². The topological polar surface area (TPSA) is 135 Å². The van der Waals surface area contributed by atoms with Crippen LogP contribution in [-0.2, 0) is 27.0 Å². The highest BCUT2D eigenvalue weighted by Crippen LogP contribution is 2.55. The predicted octanol–water partition coefficient (Wildman–Crippen LogP) is 5.59. The molecule has 40 heavy (non-hydrogen) atoms. The summed E-state index contributed by atoms with van der Waals surface area (Å²) in [7, 11) is -0.537. The van der Waals surface area contributed by atoms with Gasteiger partial charge in [-0.05, 0) is 48.7 Å². The van der Waals surface area contributed by atoms with Crippen molar-refractivity contribution in [1.82, 2.24) is 19.5 Å². The van der Waals surface area contributed by atoms with Crippen molar-refractivity contribution in [1.29, 1.82) is 0 Å². The number of imidazole rings is 1. The van der Waals surface area contributed by atoms with Gasteiger partial charge in [-0.2, -0.15) is 0 Å². The van der Waals surface area contributed by atoms with Gasteiger partial charge in [0.25, 0.3) is 0 Å². The second kappa shape index (κ2) is 12.9. The number of aliphatic hydroxyl groups is 1. The van der Waals surface area contributed by atoms with Gasteiger partial charge < -0.3 is 24.7 Å². The third kappa shape index (κ3) is 6.96. The SMILES string of the molecule is C[C@H](Cn1cnc2c(N)ncnc21)OCP(=O)(Oc1ccc(F)cc1)OC1CSSC(c2ccccc2CO)C1. The zero-order valence-corrected chi connectivity index (χ0v) is 24.2. The Labute approximate surface area is 238 Å². The van der Waals surface area contributed by atoms with Crippen LogP contribution in [-0.4, -0.2) is 48.9 Å². The molecule has 212 valence electrons. The van der Waals surface area contributed by atoms with E-state index < -0.39 is 25.6 Å². The van der Waals surface area contributed by atoms with E-state index in [2.05, 4.69) is 15.0 Å². The summed E-state index contributed by atoms with van der Waals surface area (Å²) in [5.41, 5.74) is 8.81. The summed E-state index contributed by atoms with van der Waals surface area (Å²) in [5.74, 6) is 0.660. The van der Waals surface area contributed by atoms with Gasteiger partial charge in [-0.1, -0.05) is 45.9 Å². The number of nitrogen functional groups attached to an aromatic ring is 1. The lowest BCUT2D eigenvalue weighted by atomic mass is 10.0. The first-order valence-electron chi connectivity index (χ1n) is 12.6. The number of hydrogen-bond donors (Lipinski definition) is 2. The van der Waals surface area contributed by atoms with Crippen molar-refractivity contribution in [3.8, 4) is 5.75 Å². The third-order valence-corrected chi connectivity index (χ3v) is 10.7. The first-order chi connectivity index (χ1) is 19.3. The first-order valence-corrected chi connectivity index (χ1v) is 16.7. The van der Waals surface area contributed by atoms with E-state index in [1.165, 1.54) is 30.6 Å². The molecule has 1 aliphatic rings.